The minimum atomic E-state index is -0.856. The molecule has 0 spiro atoms. The standard InChI is InChI=1S/C19H25FO4/c1-15(21)19(23)9-7-5-3-2-4-6-8-17(22)14-24-18-12-10-16(20)11-13-18/h3,5-13,15,17,19,21-23H,2,4,14H2,1H3/b5-3+,8-6+,9-7+/t15-,17-,19+/m0/s1. The van der Waals surface area contributed by atoms with Crippen molar-refractivity contribution in [2.75, 3.05) is 6.61 Å². The van der Waals surface area contributed by atoms with E-state index in [-0.39, 0.29) is 12.4 Å². The van der Waals surface area contributed by atoms with Crippen LogP contribution in [0.1, 0.15) is 19.8 Å². The Hall–Kier alpha value is -1.95. The molecule has 0 aliphatic rings. The smallest absolute Gasteiger partial charge is 0.123 e. The van der Waals surface area contributed by atoms with Crippen LogP contribution in [0.2, 0.25) is 0 Å². The molecule has 24 heavy (non-hydrogen) atoms. The van der Waals surface area contributed by atoms with E-state index in [1.165, 1.54) is 37.3 Å². The highest BCUT2D eigenvalue weighted by Crippen LogP contribution is 2.11. The Morgan fingerprint density at radius 1 is 1.00 bits per heavy atom. The van der Waals surface area contributed by atoms with Gasteiger partial charge in [0.05, 0.1) is 12.2 Å². The van der Waals surface area contributed by atoms with Crippen molar-refractivity contribution < 1.29 is 24.4 Å². The highest BCUT2D eigenvalue weighted by atomic mass is 19.1. The number of allylic oxidation sites excluding steroid dienone is 4. The number of hydrogen-bond acceptors (Lipinski definition) is 4. The van der Waals surface area contributed by atoms with Crippen LogP contribution in [0.15, 0.2) is 60.7 Å². The van der Waals surface area contributed by atoms with Gasteiger partial charge in [0.25, 0.3) is 0 Å². The summed E-state index contributed by atoms with van der Waals surface area (Å²) in [5.41, 5.74) is 0. The molecule has 0 saturated carbocycles. The molecule has 132 valence electrons. The van der Waals surface area contributed by atoms with Gasteiger partial charge in [-0.05, 0) is 44.0 Å². The first kappa shape index (κ1) is 20.1. The first-order valence-corrected chi connectivity index (χ1v) is 7.91. The van der Waals surface area contributed by atoms with Gasteiger partial charge < -0.3 is 20.1 Å². The fourth-order valence-electron chi connectivity index (χ4n) is 1.73. The largest absolute Gasteiger partial charge is 0.491 e. The topological polar surface area (TPSA) is 69.9 Å². The van der Waals surface area contributed by atoms with E-state index in [0.29, 0.717) is 5.75 Å². The molecule has 1 aromatic carbocycles. The normalized spacial score (nSPS) is 16.0. The quantitative estimate of drug-likeness (QED) is 0.349. The van der Waals surface area contributed by atoms with E-state index in [0.717, 1.165) is 12.8 Å². The maximum Gasteiger partial charge on any atom is 0.123 e. The fraction of sp³-hybridized carbons (Fsp3) is 0.368. The van der Waals surface area contributed by atoms with Crippen LogP contribution < -0.4 is 4.74 Å². The van der Waals surface area contributed by atoms with Crippen molar-refractivity contribution in [1.82, 2.24) is 0 Å². The van der Waals surface area contributed by atoms with E-state index >= 15 is 0 Å². The monoisotopic (exact) mass is 336 g/mol. The van der Waals surface area contributed by atoms with Crippen LogP contribution in [0, 0.1) is 5.82 Å². The predicted molar refractivity (Wildman–Crippen MR) is 92.2 cm³/mol. The summed E-state index contributed by atoms with van der Waals surface area (Å²) < 4.78 is 18.1. The lowest BCUT2D eigenvalue weighted by molar-refractivity contribution is 0.0619. The Labute approximate surface area is 142 Å². The second-order valence-corrected chi connectivity index (χ2v) is 5.38. The number of aliphatic hydroxyl groups is 3. The van der Waals surface area contributed by atoms with E-state index in [1.54, 1.807) is 18.2 Å². The van der Waals surface area contributed by atoms with Gasteiger partial charge in [0.2, 0.25) is 0 Å². The van der Waals surface area contributed by atoms with E-state index in [1.807, 2.05) is 12.2 Å². The number of ether oxygens (including phenoxy) is 1. The van der Waals surface area contributed by atoms with Gasteiger partial charge in [-0.25, -0.2) is 4.39 Å². The van der Waals surface area contributed by atoms with Crippen LogP contribution >= 0.6 is 0 Å². The molecule has 0 heterocycles. The first-order valence-electron chi connectivity index (χ1n) is 7.91. The van der Waals surface area contributed by atoms with E-state index in [4.69, 9.17) is 9.84 Å². The van der Waals surface area contributed by atoms with Crippen molar-refractivity contribution >= 4 is 0 Å². The summed E-state index contributed by atoms with van der Waals surface area (Å²) in [4.78, 5) is 0. The van der Waals surface area contributed by atoms with Crippen molar-refractivity contribution in [3.05, 3.63) is 66.5 Å². The molecule has 0 fully saturated rings. The number of hydrogen-bond donors (Lipinski definition) is 3. The maximum atomic E-state index is 12.7. The molecule has 0 saturated heterocycles. The molecule has 0 bridgehead atoms. The first-order chi connectivity index (χ1) is 11.5. The van der Waals surface area contributed by atoms with Gasteiger partial charge in [-0.2, -0.15) is 0 Å². The minimum Gasteiger partial charge on any atom is -0.491 e. The van der Waals surface area contributed by atoms with Gasteiger partial charge in [-0.15, -0.1) is 0 Å². The molecule has 1 rings (SSSR count). The lowest BCUT2D eigenvalue weighted by Crippen LogP contribution is -2.19. The average molecular weight is 336 g/mol. The third-order valence-corrected chi connectivity index (χ3v) is 3.14. The zero-order valence-corrected chi connectivity index (χ0v) is 13.8. The molecular weight excluding hydrogens is 311 g/mol. The summed E-state index contributed by atoms with van der Waals surface area (Å²) >= 11 is 0. The van der Waals surface area contributed by atoms with Crippen LogP contribution in [-0.2, 0) is 0 Å². The SMILES string of the molecule is C[C@H](O)[C@H](O)/C=C/C=C/CC/C=C/[C@H](O)COc1ccc(F)cc1. The maximum absolute atomic E-state index is 12.7. The third kappa shape index (κ3) is 9.25. The average Bonchev–Trinajstić information content (AvgIpc) is 2.56. The van der Waals surface area contributed by atoms with E-state index in [2.05, 4.69) is 0 Å². The molecule has 5 heteroatoms. The summed E-state index contributed by atoms with van der Waals surface area (Å²) in [5.74, 6) is 0.184. The summed E-state index contributed by atoms with van der Waals surface area (Å²) in [6.45, 7) is 1.63. The van der Waals surface area contributed by atoms with Gasteiger partial charge in [-0.1, -0.05) is 36.5 Å². The van der Waals surface area contributed by atoms with Crippen molar-refractivity contribution in [2.45, 2.75) is 38.1 Å². The second kappa shape index (κ2) is 11.6. The van der Waals surface area contributed by atoms with Crippen molar-refractivity contribution in [3.63, 3.8) is 0 Å². The molecule has 1 aromatic rings. The van der Waals surface area contributed by atoms with Crippen LogP contribution in [-0.4, -0.2) is 40.2 Å². The van der Waals surface area contributed by atoms with Gasteiger partial charge in [-0.3, -0.25) is 0 Å². The number of aliphatic hydroxyl groups excluding tert-OH is 3. The Bertz CT molecular complexity index is 535. The van der Waals surface area contributed by atoms with Gasteiger partial charge in [0, 0.05) is 0 Å². The highest BCUT2D eigenvalue weighted by Gasteiger charge is 2.04. The van der Waals surface area contributed by atoms with Gasteiger partial charge in [0.1, 0.15) is 24.3 Å². The third-order valence-electron chi connectivity index (χ3n) is 3.14. The Morgan fingerprint density at radius 3 is 2.33 bits per heavy atom. The number of benzene rings is 1. The number of halogens is 1. The molecule has 0 unspecified atom stereocenters. The van der Waals surface area contributed by atoms with Gasteiger partial charge >= 0.3 is 0 Å². The number of unbranched alkanes of at least 4 members (excludes halogenated alkanes) is 1. The molecule has 3 N–H and O–H groups in total. The molecule has 0 aliphatic heterocycles. The van der Waals surface area contributed by atoms with Crippen LogP contribution in [0.25, 0.3) is 0 Å². The lowest BCUT2D eigenvalue weighted by atomic mass is 10.2. The van der Waals surface area contributed by atoms with E-state index in [9.17, 15) is 14.6 Å². The van der Waals surface area contributed by atoms with Crippen molar-refractivity contribution in [1.29, 1.82) is 0 Å². The van der Waals surface area contributed by atoms with Crippen LogP contribution in [0.4, 0.5) is 4.39 Å². The van der Waals surface area contributed by atoms with Crippen LogP contribution in [0.3, 0.4) is 0 Å². The second-order valence-electron chi connectivity index (χ2n) is 5.38. The molecule has 3 atom stereocenters. The van der Waals surface area contributed by atoms with E-state index < -0.39 is 18.3 Å². The molecule has 0 radical (unpaired) electrons. The van der Waals surface area contributed by atoms with Crippen molar-refractivity contribution in [2.24, 2.45) is 0 Å². The predicted octanol–water partition coefficient (Wildman–Crippen LogP) is 2.76. The highest BCUT2D eigenvalue weighted by molar-refractivity contribution is 5.22. The summed E-state index contributed by atoms with van der Waals surface area (Å²) in [7, 11) is 0. The molecule has 0 aliphatic carbocycles. The summed E-state index contributed by atoms with van der Waals surface area (Å²) in [6, 6.07) is 5.63. The molecule has 0 aromatic heterocycles. The number of rotatable bonds is 10. The summed E-state index contributed by atoms with van der Waals surface area (Å²) in [5, 5.41) is 28.2. The molecule has 0 amide bonds. The van der Waals surface area contributed by atoms with Crippen LogP contribution in [0.5, 0.6) is 5.75 Å². The zero-order valence-electron chi connectivity index (χ0n) is 13.8. The molecular formula is C19H25FO4. The van der Waals surface area contributed by atoms with Crippen molar-refractivity contribution in [3.8, 4) is 5.75 Å². The minimum absolute atomic E-state index is 0.109. The molecule has 4 nitrogen and oxygen atoms in total. The summed E-state index contributed by atoms with van der Waals surface area (Å²) in [6.07, 6.45) is 9.64. The Kier molecular flexibility index (Phi) is 9.68. The Morgan fingerprint density at radius 2 is 1.67 bits per heavy atom. The Balaban J connectivity index is 2.16. The van der Waals surface area contributed by atoms with Gasteiger partial charge in [0.15, 0.2) is 0 Å². The zero-order chi connectivity index (χ0) is 17.8. The fourth-order valence-corrected chi connectivity index (χ4v) is 1.73. The lowest BCUT2D eigenvalue weighted by Gasteiger charge is -2.08.